The molecular formula is C16H17N3O. The lowest BCUT2D eigenvalue weighted by molar-refractivity contribution is 0.101. The minimum absolute atomic E-state index is 0.140. The zero-order chi connectivity index (χ0) is 14.5. The lowest BCUT2D eigenvalue weighted by Gasteiger charge is -2.08. The average Bonchev–Trinajstić information content (AvgIpc) is 2.85. The fourth-order valence-corrected chi connectivity index (χ4v) is 1.87. The Morgan fingerprint density at radius 1 is 1.40 bits per heavy atom. The molecule has 3 N–H and O–H groups in total. The first-order chi connectivity index (χ1) is 9.61. The third-order valence-electron chi connectivity index (χ3n) is 3.00. The minimum atomic E-state index is -0.140. The summed E-state index contributed by atoms with van der Waals surface area (Å²) < 4.78 is 1.78. The van der Waals surface area contributed by atoms with Crippen molar-refractivity contribution < 1.29 is 4.79 Å². The molecule has 1 aromatic carbocycles. The number of benzene rings is 1. The summed E-state index contributed by atoms with van der Waals surface area (Å²) in [5.41, 5.74) is 8.65. The molecule has 0 spiro atoms. The normalized spacial score (nSPS) is 9.75. The quantitative estimate of drug-likeness (QED) is 0.816. The van der Waals surface area contributed by atoms with E-state index in [1.165, 1.54) is 0 Å². The number of carbonyl (C=O) groups excluding carboxylic acids is 1. The van der Waals surface area contributed by atoms with E-state index in [9.17, 15) is 4.79 Å². The number of aryl methyl sites for hydroxylation is 2. The molecule has 0 saturated heterocycles. The van der Waals surface area contributed by atoms with E-state index in [0.717, 1.165) is 16.8 Å². The highest BCUT2D eigenvalue weighted by Crippen LogP contribution is 2.15. The molecule has 0 aliphatic rings. The predicted molar refractivity (Wildman–Crippen MR) is 80.5 cm³/mol. The van der Waals surface area contributed by atoms with E-state index in [4.69, 9.17) is 5.73 Å². The molecule has 4 nitrogen and oxygen atoms in total. The summed E-state index contributed by atoms with van der Waals surface area (Å²) in [6.07, 6.45) is 1.84. The van der Waals surface area contributed by atoms with Crippen molar-refractivity contribution in [1.82, 2.24) is 4.57 Å². The Kier molecular flexibility index (Phi) is 4.24. The number of amides is 1. The number of hydrogen-bond donors (Lipinski definition) is 2. The van der Waals surface area contributed by atoms with E-state index < -0.39 is 0 Å². The van der Waals surface area contributed by atoms with Crippen LogP contribution in [-0.4, -0.2) is 17.0 Å². The molecule has 20 heavy (non-hydrogen) atoms. The number of aromatic nitrogens is 1. The van der Waals surface area contributed by atoms with Crippen LogP contribution in [-0.2, 0) is 7.05 Å². The molecule has 2 rings (SSSR count). The van der Waals surface area contributed by atoms with Crippen molar-refractivity contribution in [2.24, 2.45) is 12.8 Å². The largest absolute Gasteiger partial charge is 0.347 e. The maximum Gasteiger partial charge on any atom is 0.272 e. The Balaban J connectivity index is 2.22. The number of carbonyl (C=O) groups is 1. The smallest absolute Gasteiger partial charge is 0.272 e. The van der Waals surface area contributed by atoms with Crippen LogP contribution >= 0.6 is 0 Å². The summed E-state index contributed by atoms with van der Waals surface area (Å²) in [6.45, 7) is 2.29. The van der Waals surface area contributed by atoms with Gasteiger partial charge in [-0.25, -0.2) is 0 Å². The monoisotopic (exact) mass is 267 g/mol. The number of hydrogen-bond acceptors (Lipinski definition) is 2. The van der Waals surface area contributed by atoms with Gasteiger partial charge in [0.1, 0.15) is 5.69 Å². The molecule has 4 heteroatoms. The van der Waals surface area contributed by atoms with Gasteiger partial charge < -0.3 is 15.6 Å². The number of nitrogens with one attached hydrogen (secondary N) is 1. The van der Waals surface area contributed by atoms with Gasteiger partial charge in [0, 0.05) is 24.5 Å². The highest BCUT2D eigenvalue weighted by Gasteiger charge is 2.09. The highest BCUT2D eigenvalue weighted by molar-refractivity contribution is 6.03. The Hall–Kier alpha value is -2.51. The fraction of sp³-hybridized carbons (Fsp3) is 0.188. The summed E-state index contributed by atoms with van der Waals surface area (Å²) in [5.74, 6) is 5.68. The predicted octanol–water partition coefficient (Wildman–Crippen LogP) is 1.90. The van der Waals surface area contributed by atoms with Crippen LogP contribution in [0.15, 0.2) is 36.5 Å². The van der Waals surface area contributed by atoms with Crippen LogP contribution in [0, 0.1) is 18.8 Å². The Morgan fingerprint density at radius 3 is 2.85 bits per heavy atom. The molecule has 0 bridgehead atoms. The molecule has 0 aliphatic heterocycles. The van der Waals surface area contributed by atoms with Crippen molar-refractivity contribution in [1.29, 1.82) is 0 Å². The second-order valence-electron chi connectivity index (χ2n) is 4.49. The van der Waals surface area contributed by atoms with Gasteiger partial charge in [0.25, 0.3) is 5.91 Å². The summed E-state index contributed by atoms with van der Waals surface area (Å²) in [5, 5.41) is 2.87. The van der Waals surface area contributed by atoms with E-state index in [1.54, 1.807) is 10.6 Å². The Labute approximate surface area is 118 Å². The second-order valence-corrected chi connectivity index (χ2v) is 4.49. The van der Waals surface area contributed by atoms with Crippen molar-refractivity contribution in [3.63, 3.8) is 0 Å². The minimum Gasteiger partial charge on any atom is -0.347 e. The Bertz CT molecular complexity index is 689. The van der Waals surface area contributed by atoms with Gasteiger partial charge in [0.15, 0.2) is 0 Å². The van der Waals surface area contributed by atoms with Gasteiger partial charge >= 0.3 is 0 Å². The zero-order valence-electron chi connectivity index (χ0n) is 11.6. The maximum atomic E-state index is 12.1. The van der Waals surface area contributed by atoms with E-state index in [-0.39, 0.29) is 5.91 Å². The number of anilines is 1. The number of rotatable bonds is 2. The van der Waals surface area contributed by atoms with Crippen molar-refractivity contribution in [3.8, 4) is 11.8 Å². The summed E-state index contributed by atoms with van der Waals surface area (Å²) in [6, 6.07) is 9.27. The molecule has 1 heterocycles. The molecule has 0 unspecified atom stereocenters. The molecule has 0 atom stereocenters. The molecule has 0 saturated carbocycles. The van der Waals surface area contributed by atoms with Gasteiger partial charge in [-0.15, -0.1) is 0 Å². The van der Waals surface area contributed by atoms with Crippen LogP contribution in [0.1, 0.15) is 21.6 Å². The van der Waals surface area contributed by atoms with Gasteiger partial charge in [-0.1, -0.05) is 17.9 Å². The van der Waals surface area contributed by atoms with Gasteiger partial charge in [-0.2, -0.15) is 0 Å². The van der Waals surface area contributed by atoms with Gasteiger partial charge in [-0.3, -0.25) is 4.79 Å². The van der Waals surface area contributed by atoms with Crippen molar-refractivity contribution in [2.45, 2.75) is 6.92 Å². The first kappa shape index (κ1) is 13.9. The molecule has 0 fully saturated rings. The first-order valence-electron chi connectivity index (χ1n) is 6.34. The first-order valence-corrected chi connectivity index (χ1v) is 6.34. The number of nitrogens with two attached hydrogens (primary N) is 1. The summed E-state index contributed by atoms with van der Waals surface area (Å²) in [4.78, 5) is 12.1. The van der Waals surface area contributed by atoms with Gasteiger partial charge in [0.2, 0.25) is 0 Å². The van der Waals surface area contributed by atoms with E-state index in [0.29, 0.717) is 12.2 Å². The second kappa shape index (κ2) is 6.09. The third-order valence-corrected chi connectivity index (χ3v) is 3.00. The molecular weight excluding hydrogens is 250 g/mol. The van der Waals surface area contributed by atoms with Gasteiger partial charge in [0.05, 0.1) is 6.54 Å². The third kappa shape index (κ3) is 3.08. The van der Waals surface area contributed by atoms with Crippen LogP contribution in [0.4, 0.5) is 5.69 Å². The lowest BCUT2D eigenvalue weighted by Crippen LogP contribution is -2.15. The molecule has 2 aromatic rings. The summed E-state index contributed by atoms with van der Waals surface area (Å²) >= 11 is 0. The van der Waals surface area contributed by atoms with Gasteiger partial charge in [-0.05, 0) is 36.8 Å². The van der Waals surface area contributed by atoms with Crippen LogP contribution in [0.25, 0.3) is 0 Å². The fourth-order valence-electron chi connectivity index (χ4n) is 1.87. The zero-order valence-corrected chi connectivity index (χ0v) is 11.6. The lowest BCUT2D eigenvalue weighted by atomic mass is 10.1. The average molecular weight is 267 g/mol. The molecule has 102 valence electrons. The van der Waals surface area contributed by atoms with Crippen molar-refractivity contribution in [2.75, 3.05) is 11.9 Å². The van der Waals surface area contributed by atoms with Crippen LogP contribution in [0.2, 0.25) is 0 Å². The molecule has 0 aliphatic carbocycles. The topological polar surface area (TPSA) is 60.0 Å². The molecule has 0 radical (unpaired) electrons. The summed E-state index contributed by atoms with van der Waals surface area (Å²) in [7, 11) is 1.84. The maximum absolute atomic E-state index is 12.1. The van der Waals surface area contributed by atoms with Crippen molar-refractivity contribution in [3.05, 3.63) is 53.3 Å². The van der Waals surface area contributed by atoms with Crippen molar-refractivity contribution >= 4 is 11.6 Å². The van der Waals surface area contributed by atoms with Crippen LogP contribution in [0.3, 0.4) is 0 Å². The van der Waals surface area contributed by atoms with Crippen LogP contribution in [0.5, 0.6) is 0 Å². The number of nitrogens with zero attached hydrogens (tertiary/aromatic N) is 1. The van der Waals surface area contributed by atoms with E-state index >= 15 is 0 Å². The van der Waals surface area contributed by atoms with Crippen LogP contribution < -0.4 is 11.1 Å². The van der Waals surface area contributed by atoms with E-state index in [2.05, 4.69) is 17.2 Å². The standard InChI is InChI=1S/C16H17N3O/c1-12-7-8-14(11-13(12)5-3-9-17)18-16(20)15-6-4-10-19(15)2/h4,6-8,10-11H,9,17H2,1-2H3,(H,18,20). The SMILES string of the molecule is Cc1ccc(NC(=O)c2cccn2C)cc1C#CCN. The highest BCUT2D eigenvalue weighted by atomic mass is 16.1. The molecule has 1 aromatic heterocycles. The molecule has 1 amide bonds. The van der Waals surface area contributed by atoms with E-state index in [1.807, 2.05) is 44.4 Å². The Morgan fingerprint density at radius 2 is 2.20 bits per heavy atom.